The highest BCUT2D eigenvalue weighted by Gasteiger charge is 2.14. The third kappa shape index (κ3) is 4.77. The largest absolute Gasteiger partial charge is 0.314 e. The van der Waals surface area contributed by atoms with E-state index in [1.807, 2.05) is 6.92 Å². The maximum atomic E-state index is 5.73. The van der Waals surface area contributed by atoms with E-state index in [1.165, 1.54) is 12.8 Å². The Balaban J connectivity index is 3.28. The van der Waals surface area contributed by atoms with Gasteiger partial charge in [0.25, 0.3) is 0 Å². The Labute approximate surface area is 64.0 Å². The summed E-state index contributed by atoms with van der Waals surface area (Å²) in [6.45, 7) is 4.21. The second-order valence-electron chi connectivity index (χ2n) is 3.04. The summed E-state index contributed by atoms with van der Waals surface area (Å²) in [6, 6.07) is 0. The highest BCUT2D eigenvalue weighted by molar-refractivity contribution is 4.73. The van der Waals surface area contributed by atoms with Gasteiger partial charge in [-0.15, -0.1) is 0 Å². The molecule has 2 heteroatoms. The summed E-state index contributed by atoms with van der Waals surface area (Å²) in [5, 5.41) is 0. The minimum Gasteiger partial charge on any atom is -0.314 e. The minimum atomic E-state index is -0.408. The van der Waals surface area contributed by atoms with E-state index in [0.29, 0.717) is 0 Å². The Morgan fingerprint density at radius 1 is 1.10 bits per heavy atom. The zero-order valence-electron chi connectivity index (χ0n) is 7.19. The molecule has 0 unspecified atom stereocenters. The first-order chi connectivity index (χ1) is 4.62. The van der Waals surface area contributed by atoms with Crippen molar-refractivity contribution in [2.75, 3.05) is 0 Å². The van der Waals surface area contributed by atoms with Gasteiger partial charge >= 0.3 is 0 Å². The van der Waals surface area contributed by atoms with Crippen LogP contribution >= 0.6 is 0 Å². The van der Waals surface area contributed by atoms with Crippen LogP contribution in [0.25, 0.3) is 0 Å². The van der Waals surface area contributed by atoms with Crippen molar-refractivity contribution in [1.29, 1.82) is 0 Å². The molecule has 0 aromatic heterocycles. The average Bonchev–Trinajstić information content (AvgIpc) is 1.89. The molecule has 0 bridgehead atoms. The van der Waals surface area contributed by atoms with Crippen LogP contribution in [0, 0.1) is 0 Å². The minimum absolute atomic E-state index is 0.408. The lowest BCUT2D eigenvalue weighted by Gasteiger charge is -2.21. The molecule has 4 N–H and O–H groups in total. The fourth-order valence-electron chi connectivity index (χ4n) is 0.881. The van der Waals surface area contributed by atoms with Crippen molar-refractivity contribution in [2.24, 2.45) is 11.5 Å². The first kappa shape index (κ1) is 9.92. The lowest BCUT2D eigenvalue weighted by molar-refractivity contribution is 0.377. The molecular formula is C8H20N2. The van der Waals surface area contributed by atoms with Crippen molar-refractivity contribution < 1.29 is 0 Å². The predicted octanol–water partition coefficient (Wildman–Crippen LogP) is 1.59. The standard InChI is InChI=1S/C8H20N2/c1-3-5-6-7-8(9,10)4-2/h3-7,9-10H2,1-2H3. The van der Waals surface area contributed by atoms with E-state index < -0.39 is 5.66 Å². The summed E-state index contributed by atoms with van der Waals surface area (Å²) in [7, 11) is 0. The number of hydrogen-bond donors (Lipinski definition) is 2. The molecule has 2 nitrogen and oxygen atoms in total. The zero-order chi connectivity index (χ0) is 8.04. The Morgan fingerprint density at radius 3 is 2.10 bits per heavy atom. The van der Waals surface area contributed by atoms with Crippen LogP contribution in [0.15, 0.2) is 0 Å². The zero-order valence-corrected chi connectivity index (χ0v) is 7.19. The number of unbranched alkanes of at least 4 members (excludes halogenated alkanes) is 2. The molecule has 10 heavy (non-hydrogen) atoms. The van der Waals surface area contributed by atoms with Crippen LogP contribution in [0.1, 0.15) is 46.0 Å². The molecule has 0 aromatic carbocycles. The molecule has 0 aliphatic heterocycles. The van der Waals surface area contributed by atoms with Gasteiger partial charge in [0.05, 0.1) is 5.66 Å². The molecular weight excluding hydrogens is 124 g/mol. The van der Waals surface area contributed by atoms with Crippen molar-refractivity contribution >= 4 is 0 Å². The molecule has 0 amide bonds. The third-order valence-electron chi connectivity index (χ3n) is 1.90. The molecule has 0 rings (SSSR count). The lowest BCUT2D eigenvalue weighted by Crippen LogP contribution is -2.48. The topological polar surface area (TPSA) is 52.0 Å². The van der Waals surface area contributed by atoms with E-state index in [0.717, 1.165) is 19.3 Å². The van der Waals surface area contributed by atoms with Gasteiger partial charge in [0.1, 0.15) is 0 Å². The Hall–Kier alpha value is -0.0800. The van der Waals surface area contributed by atoms with Crippen LogP contribution in [0.4, 0.5) is 0 Å². The number of nitrogens with two attached hydrogens (primary N) is 2. The second kappa shape index (κ2) is 4.69. The predicted molar refractivity (Wildman–Crippen MR) is 45.5 cm³/mol. The summed E-state index contributed by atoms with van der Waals surface area (Å²) in [4.78, 5) is 0. The fourth-order valence-corrected chi connectivity index (χ4v) is 0.881. The molecule has 0 saturated heterocycles. The Kier molecular flexibility index (Phi) is 4.65. The lowest BCUT2D eigenvalue weighted by atomic mass is 10.0. The molecule has 0 radical (unpaired) electrons. The van der Waals surface area contributed by atoms with Crippen LogP contribution in [0.3, 0.4) is 0 Å². The van der Waals surface area contributed by atoms with E-state index in [4.69, 9.17) is 11.5 Å². The van der Waals surface area contributed by atoms with Gasteiger partial charge in [-0.3, -0.25) is 0 Å². The average molecular weight is 144 g/mol. The van der Waals surface area contributed by atoms with Crippen LogP contribution in [-0.4, -0.2) is 5.66 Å². The van der Waals surface area contributed by atoms with Crippen LogP contribution < -0.4 is 11.5 Å². The molecule has 62 valence electrons. The van der Waals surface area contributed by atoms with E-state index >= 15 is 0 Å². The first-order valence-electron chi connectivity index (χ1n) is 4.20. The van der Waals surface area contributed by atoms with Gasteiger partial charge in [-0.2, -0.15) is 0 Å². The fraction of sp³-hybridized carbons (Fsp3) is 1.00. The summed E-state index contributed by atoms with van der Waals surface area (Å²) in [6.07, 6.45) is 5.47. The molecule has 0 saturated carbocycles. The van der Waals surface area contributed by atoms with Gasteiger partial charge < -0.3 is 11.5 Å². The van der Waals surface area contributed by atoms with Crippen molar-refractivity contribution in [3.8, 4) is 0 Å². The van der Waals surface area contributed by atoms with Crippen molar-refractivity contribution in [3.63, 3.8) is 0 Å². The monoisotopic (exact) mass is 144 g/mol. The quantitative estimate of drug-likeness (QED) is 0.455. The van der Waals surface area contributed by atoms with Crippen LogP contribution in [0.2, 0.25) is 0 Å². The molecule has 0 aliphatic rings. The van der Waals surface area contributed by atoms with Gasteiger partial charge in [-0.05, 0) is 12.8 Å². The molecule has 0 aromatic rings. The Bertz CT molecular complexity index is 79.3. The summed E-state index contributed by atoms with van der Waals surface area (Å²) in [5.74, 6) is 0. The molecule has 0 aliphatic carbocycles. The van der Waals surface area contributed by atoms with Crippen molar-refractivity contribution in [2.45, 2.75) is 51.6 Å². The first-order valence-corrected chi connectivity index (χ1v) is 4.20. The highest BCUT2D eigenvalue weighted by Crippen LogP contribution is 2.09. The number of hydrogen-bond acceptors (Lipinski definition) is 2. The van der Waals surface area contributed by atoms with Gasteiger partial charge in [-0.1, -0.05) is 33.1 Å². The maximum absolute atomic E-state index is 5.73. The van der Waals surface area contributed by atoms with E-state index in [1.54, 1.807) is 0 Å². The summed E-state index contributed by atoms with van der Waals surface area (Å²) in [5.41, 5.74) is 11.1. The summed E-state index contributed by atoms with van der Waals surface area (Å²) >= 11 is 0. The molecule has 0 fully saturated rings. The van der Waals surface area contributed by atoms with Gasteiger partial charge in [0.15, 0.2) is 0 Å². The van der Waals surface area contributed by atoms with Crippen LogP contribution in [0.5, 0.6) is 0 Å². The van der Waals surface area contributed by atoms with E-state index in [2.05, 4.69) is 6.92 Å². The van der Waals surface area contributed by atoms with Crippen LogP contribution in [-0.2, 0) is 0 Å². The van der Waals surface area contributed by atoms with E-state index in [-0.39, 0.29) is 0 Å². The molecule has 0 spiro atoms. The molecule has 0 atom stereocenters. The maximum Gasteiger partial charge on any atom is 0.0633 e. The Morgan fingerprint density at radius 2 is 1.70 bits per heavy atom. The number of rotatable bonds is 5. The molecule has 0 heterocycles. The summed E-state index contributed by atoms with van der Waals surface area (Å²) < 4.78 is 0. The highest BCUT2D eigenvalue weighted by atomic mass is 14.9. The normalized spacial score (nSPS) is 12.0. The SMILES string of the molecule is CCCCCC(N)(N)CC. The van der Waals surface area contributed by atoms with Gasteiger partial charge in [0.2, 0.25) is 0 Å². The van der Waals surface area contributed by atoms with Gasteiger partial charge in [0, 0.05) is 0 Å². The second-order valence-corrected chi connectivity index (χ2v) is 3.04. The smallest absolute Gasteiger partial charge is 0.0633 e. The van der Waals surface area contributed by atoms with E-state index in [9.17, 15) is 0 Å². The van der Waals surface area contributed by atoms with Crippen molar-refractivity contribution in [1.82, 2.24) is 0 Å². The third-order valence-corrected chi connectivity index (χ3v) is 1.90. The van der Waals surface area contributed by atoms with Crippen molar-refractivity contribution in [3.05, 3.63) is 0 Å². The van der Waals surface area contributed by atoms with Gasteiger partial charge in [-0.25, -0.2) is 0 Å².